The number of hydrogen-bond donors (Lipinski definition) is 3. The van der Waals surface area contributed by atoms with E-state index in [0.29, 0.717) is 0 Å². The molecule has 0 aliphatic heterocycles. The smallest absolute Gasteiger partial charge is 0.151 e. The Morgan fingerprint density at radius 2 is 1.83 bits per heavy atom. The number of carbonyl (C=O) groups is 1. The van der Waals surface area contributed by atoms with Crippen LogP contribution < -0.4 is 0 Å². The quantitative estimate of drug-likeness (QED) is 0.437. The zero-order valence-electron chi connectivity index (χ0n) is 7.04. The Balaban J connectivity index is 4.22. The van der Waals surface area contributed by atoms with Crippen molar-refractivity contribution >= 4 is 6.29 Å². The molecule has 0 saturated carbocycles. The highest BCUT2D eigenvalue weighted by molar-refractivity contribution is 5.56. The summed E-state index contributed by atoms with van der Waals surface area (Å²) in [7, 11) is 1.24. The first-order chi connectivity index (χ1) is 5.54. The van der Waals surface area contributed by atoms with Gasteiger partial charge in [-0.15, -0.1) is 0 Å². The van der Waals surface area contributed by atoms with Gasteiger partial charge in [0.15, 0.2) is 6.29 Å². The predicted octanol–water partition coefficient (Wildman–Crippen LogP) is -1.70. The number of aldehydes is 1. The Kier molecular flexibility index (Phi) is 5.00. The number of methoxy groups -OCH3 is 1. The van der Waals surface area contributed by atoms with E-state index in [4.69, 9.17) is 10.2 Å². The zero-order chi connectivity index (χ0) is 9.72. The topological polar surface area (TPSA) is 87.0 Å². The van der Waals surface area contributed by atoms with E-state index in [1.807, 2.05) is 0 Å². The van der Waals surface area contributed by atoms with Crippen molar-refractivity contribution in [2.75, 3.05) is 7.11 Å². The summed E-state index contributed by atoms with van der Waals surface area (Å²) in [6.07, 6.45) is -4.57. The van der Waals surface area contributed by atoms with Crippen molar-refractivity contribution in [2.45, 2.75) is 31.3 Å². The normalized spacial score (nSPS) is 21.1. The molecule has 0 aromatic heterocycles. The number of ether oxygens (including phenoxy) is 1. The van der Waals surface area contributed by atoms with Crippen molar-refractivity contribution in [1.82, 2.24) is 0 Å². The van der Waals surface area contributed by atoms with Gasteiger partial charge in [-0.05, 0) is 6.92 Å². The number of hydrogen-bond acceptors (Lipinski definition) is 5. The van der Waals surface area contributed by atoms with E-state index in [-0.39, 0.29) is 6.29 Å². The molecule has 0 amide bonds. The Morgan fingerprint density at radius 3 is 2.08 bits per heavy atom. The van der Waals surface area contributed by atoms with E-state index in [1.165, 1.54) is 14.0 Å². The third-order valence-corrected chi connectivity index (χ3v) is 1.58. The lowest BCUT2D eigenvalue weighted by Gasteiger charge is -2.24. The first-order valence-electron chi connectivity index (χ1n) is 3.56. The van der Waals surface area contributed by atoms with E-state index in [9.17, 15) is 9.90 Å². The highest BCUT2D eigenvalue weighted by atomic mass is 16.5. The molecule has 0 heterocycles. The summed E-state index contributed by atoms with van der Waals surface area (Å²) in [5, 5.41) is 27.1. The molecule has 12 heavy (non-hydrogen) atoms. The molecule has 0 bridgehead atoms. The Morgan fingerprint density at radius 1 is 1.33 bits per heavy atom. The van der Waals surface area contributed by atoms with Gasteiger partial charge in [-0.25, -0.2) is 0 Å². The lowest BCUT2D eigenvalue weighted by molar-refractivity contribution is -0.138. The largest absolute Gasteiger partial charge is 0.391 e. The van der Waals surface area contributed by atoms with Crippen molar-refractivity contribution in [3.05, 3.63) is 0 Å². The van der Waals surface area contributed by atoms with Gasteiger partial charge in [-0.1, -0.05) is 0 Å². The molecule has 0 aliphatic rings. The fourth-order valence-corrected chi connectivity index (χ4v) is 0.833. The zero-order valence-corrected chi connectivity index (χ0v) is 7.04. The maximum atomic E-state index is 10.1. The lowest BCUT2D eigenvalue weighted by Crippen LogP contribution is -2.45. The van der Waals surface area contributed by atoms with Crippen LogP contribution in [-0.2, 0) is 9.53 Å². The molecule has 72 valence electrons. The number of carbonyl (C=O) groups excluding carboxylic acids is 1. The molecule has 0 radical (unpaired) electrons. The summed E-state index contributed by atoms with van der Waals surface area (Å²) in [6, 6.07) is 0. The standard InChI is InChI=1S/C7H14O5/c1-4(9)6(11)7(12-2)5(10)3-8/h3-7,9-11H,1-2H3/t4-,5+,6+,7+/m1/s1. The first kappa shape index (κ1) is 11.5. The molecular formula is C7H14O5. The van der Waals surface area contributed by atoms with Crippen molar-refractivity contribution in [1.29, 1.82) is 0 Å². The molecule has 0 aliphatic carbocycles. The minimum atomic E-state index is -1.42. The van der Waals surface area contributed by atoms with E-state index in [1.54, 1.807) is 0 Å². The first-order valence-corrected chi connectivity index (χ1v) is 3.56. The molecule has 3 N–H and O–H groups in total. The monoisotopic (exact) mass is 178 g/mol. The van der Waals surface area contributed by atoms with Crippen LogP contribution in [0.2, 0.25) is 0 Å². The summed E-state index contributed by atoms with van der Waals surface area (Å²) >= 11 is 0. The van der Waals surface area contributed by atoms with Crippen LogP contribution in [0.3, 0.4) is 0 Å². The summed E-state index contributed by atoms with van der Waals surface area (Å²) in [5.41, 5.74) is 0. The van der Waals surface area contributed by atoms with Gasteiger partial charge in [0.25, 0.3) is 0 Å². The van der Waals surface area contributed by atoms with E-state index < -0.39 is 24.4 Å². The number of aliphatic hydroxyl groups is 3. The molecular weight excluding hydrogens is 164 g/mol. The predicted molar refractivity (Wildman–Crippen MR) is 40.6 cm³/mol. The van der Waals surface area contributed by atoms with E-state index in [0.717, 1.165) is 0 Å². The van der Waals surface area contributed by atoms with Gasteiger partial charge in [0.2, 0.25) is 0 Å². The summed E-state index contributed by atoms with van der Waals surface area (Å²) in [4.78, 5) is 10.1. The van der Waals surface area contributed by atoms with Crippen LogP contribution in [0.15, 0.2) is 0 Å². The molecule has 0 spiro atoms. The molecule has 0 aromatic carbocycles. The van der Waals surface area contributed by atoms with Crippen LogP contribution in [0.1, 0.15) is 6.92 Å². The highest BCUT2D eigenvalue weighted by Crippen LogP contribution is 2.06. The van der Waals surface area contributed by atoms with E-state index >= 15 is 0 Å². The van der Waals surface area contributed by atoms with Crippen molar-refractivity contribution in [2.24, 2.45) is 0 Å². The molecule has 0 unspecified atom stereocenters. The second-order valence-electron chi connectivity index (χ2n) is 2.56. The summed E-state index contributed by atoms with van der Waals surface area (Å²) in [5.74, 6) is 0. The fourth-order valence-electron chi connectivity index (χ4n) is 0.833. The van der Waals surface area contributed by atoms with Crippen molar-refractivity contribution < 1.29 is 24.9 Å². The SMILES string of the molecule is CO[C@H]([C@@H](O)[C@@H](C)O)[C@@H](O)C=O. The molecule has 5 nitrogen and oxygen atoms in total. The molecule has 0 fully saturated rings. The van der Waals surface area contributed by atoms with Crippen LogP contribution in [0.25, 0.3) is 0 Å². The second kappa shape index (κ2) is 5.21. The van der Waals surface area contributed by atoms with Crippen LogP contribution in [0, 0.1) is 0 Å². The highest BCUT2D eigenvalue weighted by Gasteiger charge is 2.29. The number of aliphatic hydroxyl groups excluding tert-OH is 3. The second-order valence-corrected chi connectivity index (χ2v) is 2.56. The Hall–Kier alpha value is -0.490. The molecule has 0 rings (SSSR count). The van der Waals surface area contributed by atoms with Crippen LogP contribution in [0.4, 0.5) is 0 Å². The molecule has 5 heteroatoms. The minimum absolute atomic E-state index is 0.250. The third-order valence-electron chi connectivity index (χ3n) is 1.58. The van der Waals surface area contributed by atoms with Crippen molar-refractivity contribution in [3.63, 3.8) is 0 Å². The average molecular weight is 178 g/mol. The lowest BCUT2D eigenvalue weighted by atomic mass is 10.1. The van der Waals surface area contributed by atoms with Crippen LogP contribution >= 0.6 is 0 Å². The van der Waals surface area contributed by atoms with Gasteiger partial charge in [-0.2, -0.15) is 0 Å². The number of rotatable bonds is 5. The maximum absolute atomic E-state index is 10.1. The van der Waals surface area contributed by atoms with Gasteiger partial charge >= 0.3 is 0 Å². The molecule has 4 atom stereocenters. The van der Waals surface area contributed by atoms with Gasteiger partial charge in [0.1, 0.15) is 18.3 Å². The summed E-state index contributed by atoms with van der Waals surface area (Å²) < 4.78 is 4.63. The minimum Gasteiger partial charge on any atom is -0.391 e. The molecule has 0 aromatic rings. The molecule has 0 saturated heterocycles. The van der Waals surface area contributed by atoms with Gasteiger partial charge in [0.05, 0.1) is 6.10 Å². The van der Waals surface area contributed by atoms with E-state index in [2.05, 4.69) is 4.74 Å². The Labute approximate surface area is 70.6 Å². The average Bonchev–Trinajstić information content (AvgIpc) is 2.05. The van der Waals surface area contributed by atoms with Gasteiger partial charge in [0, 0.05) is 7.11 Å². The maximum Gasteiger partial charge on any atom is 0.151 e. The van der Waals surface area contributed by atoms with Gasteiger partial charge < -0.3 is 24.9 Å². The fraction of sp³-hybridized carbons (Fsp3) is 0.857. The van der Waals surface area contributed by atoms with Crippen LogP contribution in [-0.4, -0.2) is 53.1 Å². The Bertz CT molecular complexity index is 136. The summed E-state index contributed by atoms with van der Waals surface area (Å²) in [6.45, 7) is 1.34. The van der Waals surface area contributed by atoms with Gasteiger partial charge in [-0.3, -0.25) is 0 Å². The van der Waals surface area contributed by atoms with Crippen molar-refractivity contribution in [3.8, 4) is 0 Å². The van der Waals surface area contributed by atoms with Crippen LogP contribution in [0.5, 0.6) is 0 Å². The third kappa shape index (κ3) is 2.86.